The molecule has 6 heteroatoms. The largest absolute Gasteiger partial charge is 0.493 e. The van der Waals surface area contributed by atoms with Crippen molar-refractivity contribution in [3.05, 3.63) is 69.9 Å². The molecule has 2 aromatic carbocycles. The first kappa shape index (κ1) is 20.5. The summed E-state index contributed by atoms with van der Waals surface area (Å²) in [6, 6.07) is 13.6. The van der Waals surface area contributed by atoms with Gasteiger partial charge < -0.3 is 14.2 Å². The number of carbonyl (C=O) groups is 1. The molecule has 0 radical (unpaired) electrons. The number of hydrogen-bond acceptors (Lipinski definition) is 4. The molecule has 2 heterocycles. The molecule has 0 unspecified atom stereocenters. The Hall–Kier alpha value is -2.79. The second-order valence-corrected chi connectivity index (χ2v) is 8.12. The molecule has 3 aromatic rings. The van der Waals surface area contributed by atoms with E-state index in [4.69, 9.17) is 20.9 Å². The number of hydrogen-bond donors (Lipinski definition) is 0. The maximum Gasteiger partial charge on any atom is 0.223 e. The molecule has 1 aliphatic rings. The summed E-state index contributed by atoms with van der Waals surface area (Å²) < 4.78 is 11.5. The minimum absolute atomic E-state index is 0.127. The molecule has 1 aromatic heterocycles. The second kappa shape index (κ2) is 8.92. The summed E-state index contributed by atoms with van der Waals surface area (Å²) in [6.45, 7) is 5.76. The molecule has 4 rings (SSSR count). The molecule has 0 atom stereocenters. The number of halogens is 1. The summed E-state index contributed by atoms with van der Waals surface area (Å²) in [7, 11) is 0. The Labute approximate surface area is 181 Å². The minimum Gasteiger partial charge on any atom is -0.493 e. The molecule has 1 amide bonds. The van der Waals surface area contributed by atoms with Crippen molar-refractivity contribution in [3.8, 4) is 17.1 Å². The minimum atomic E-state index is 0.127. The highest BCUT2D eigenvalue weighted by Gasteiger charge is 2.27. The van der Waals surface area contributed by atoms with Crippen LogP contribution in [-0.4, -0.2) is 29.1 Å². The third-order valence-electron chi connectivity index (χ3n) is 5.49. The maximum absolute atomic E-state index is 12.7. The van der Waals surface area contributed by atoms with E-state index in [0.29, 0.717) is 37.6 Å². The number of aryl methyl sites for hydroxylation is 2. The van der Waals surface area contributed by atoms with Crippen LogP contribution in [0, 0.1) is 13.8 Å². The van der Waals surface area contributed by atoms with E-state index in [-0.39, 0.29) is 5.91 Å². The molecule has 0 fully saturated rings. The van der Waals surface area contributed by atoms with Crippen molar-refractivity contribution in [1.29, 1.82) is 0 Å². The fraction of sp³-hybridized carbons (Fsp3) is 0.333. The Morgan fingerprint density at radius 2 is 1.90 bits per heavy atom. The van der Waals surface area contributed by atoms with Crippen LogP contribution in [0.25, 0.3) is 11.3 Å². The van der Waals surface area contributed by atoms with Crippen molar-refractivity contribution in [2.75, 3.05) is 13.2 Å². The zero-order valence-corrected chi connectivity index (χ0v) is 18.0. The summed E-state index contributed by atoms with van der Waals surface area (Å²) in [5.41, 5.74) is 5.11. The Kier molecular flexibility index (Phi) is 6.09. The molecular weight excluding hydrogens is 400 g/mol. The predicted octanol–water partition coefficient (Wildman–Crippen LogP) is 5.36. The van der Waals surface area contributed by atoms with Gasteiger partial charge in [0.1, 0.15) is 11.4 Å². The van der Waals surface area contributed by atoms with E-state index in [1.165, 1.54) is 0 Å². The van der Waals surface area contributed by atoms with Gasteiger partial charge in [-0.15, -0.1) is 0 Å². The first-order valence-corrected chi connectivity index (χ1v) is 10.6. The Balaban J connectivity index is 1.31. The molecule has 0 bridgehead atoms. The Morgan fingerprint density at radius 1 is 1.17 bits per heavy atom. The molecule has 0 spiro atoms. The van der Waals surface area contributed by atoms with Crippen LogP contribution in [0.2, 0.25) is 5.02 Å². The third-order valence-corrected chi connectivity index (χ3v) is 5.74. The van der Waals surface area contributed by atoms with E-state index in [1.807, 2.05) is 61.2 Å². The van der Waals surface area contributed by atoms with Gasteiger partial charge in [0, 0.05) is 29.1 Å². The zero-order valence-electron chi connectivity index (χ0n) is 17.3. The van der Waals surface area contributed by atoms with Crippen LogP contribution in [-0.2, 0) is 17.8 Å². The summed E-state index contributed by atoms with van der Waals surface area (Å²) in [6.07, 6.45) is 1.88. The second-order valence-electron chi connectivity index (χ2n) is 7.68. The van der Waals surface area contributed by atoms with Gasteiger partial charge in [0.2, 0.25) is 5.91 Å². The molecule has 1 aliphatic heterocycles. The molecular formula is C24H25ClN2O3. The monoisotopic (exact) mass is 424 g/mol. The van der Waals surface area contributed by atoms with Crippen LogP contribution in [0.5, 0.6) is 5.75 Å². The Bertz CT molecular complexity index is 1020. The molecule has 30 heavy (non-hydrogen) atoms. The van der Waals surface area contributed by atoms with Gasteiger partial charge in [-0.1, -0.05) is 35.0 Å². The van der Waals surface area contributed by atoms with E-state index in [1.54, 1.807) is 0 Å². The highest BCUT2D eigenvalue weighted by atomic mass is 35.5. The summed E-state index contributed by atoms with van der Waals surface area (Å²) >= 11 is 5.97. The number of aromatic nitrogens is 1. The van der Waals surface area contributed by atoms with Gasteiger partial charge in [0.05, 0.1) is 13.2 Å². The summed E-state index contributed by atoms with van der Waals surface area (Å²) in [5, 5.41) is 4.90. The number of para-hydroxylation sites is 1. The highest BCUT2D eigenvalue weighted by Crippen LogP contribution is 2.31. The van der Waals surface area contributed by atoms with Crippen LogP contribution in [0.15, 0.2) is 47.0 Å². The number of carbonyl (C=O) groups excluding carboxylic acids is 1. The van der Waals surface area contributed by atoms with Gasteiger partial charge in [-0.05, 0) is 62.1 Å². The summed E-state index contributed by atoms with van der Waals surface area (Å²) in [5.74, 6) is 1.82. The number of ether oxygens (including phenoxy) is 1. The molecule has 0 saturated heterocycles. The predicted molar refractivity (Wildman–Crippen MR) is 117 cm³/mol. The van der Waals surface area contributed by atoms with Gasteiger partial charge >= 0.3 is 0 Å². The van der Waals surface area contributed by atoms with E-state index in [2.05, 4.69) is 5.16 Å². The van der Waals surface area contributed by atoms with E-state index >= 15 is 0 Å². The number of rotatable bonds is 6. The topological polar surface area (TPSA) is 55.6 Å². The average molecular weight is 425 g/mol. The fourth-order valence-electron chi connectivity index (χ4n) is 3.85. The van der Waals surface area contributed by atoms with Crippen molar-refractivity contribution in [1.82, 2.24) is 10.1 Å². The lowest BCUT2D eigenvalue weighted by Gasteiger charge is -2.26. The number of amides is 1. The maximum atomic E-state index is 12.7. The van der Waals surface area contributed by atoms with Gasteiger partial charge in [0.15, 0.2) is 5.76 Å². The fourth-order valence-corrected chi connectivity index (χ4v) is 3.98. The van der Waals surface area contributed by atoms with Gasteiger partial charge in [0.25, 0.3) is 0 Å². The molecule has 156 valence electrons. The molecule has 5 nitrogen and oxygen atoms in total. The molecule has 0 aliphatic carbocycles. The SMILES string of the molecule is Cc1cccc(C)c1OCCCC(=O)N1CCc2c(noc2-c2ccc(Cl)cc2)C1. The lowest BCUT2D eigenvalue weighted by molar-refractivity contribution is -0.132. The number of fused-ring (bicyclic) bond motifs is 1. The summed E-state index contributed by atoms with van der Waals surface area (Å²) in [4.78, 5) is 14.5. The third kappa shape index (κ3) is 4.36. The van der Waals surface area contributed by atoms with Crippen LogP contribution < -0.4 is 4.74 Å². The van der Waals surface area contributed by atoms with Crippen LogP contribution in [0.1, 0.15) is 35.2 Å². The smallest absolute Gasteiger partial charge is 0.223 e. The average Bonchev–Trinajstić information content (AvgIpc) is 3.16. The van der Waals surface area contributed by atoms with Gasteiger partial charge in [-0.25, -0.2) is 0 Å². The van der Waals surface area contributed by atoms with Crippen LogP contribution in [0.4, 0.5) is 0 Å². The van der Waals surface area contributed by atoms with Crippen molar-refractivity contribution >= 4 is 17.5 Å². The quantitative estimate of drug-likeness (QED) is 0.500. The van der Waals surface area contributed by atoms with E-state index in [9.17, 15) is 4.79 Å². The van der Waals surface area contributed by atoms with Crippen molar-refractivity contribution in [2.24, 2.45) is 0 Å². The normalized spacial score (nSPS) is 13.2. The number of nitrogens with zero attached hydrogens (tertiary/aromatic N) is 2. The molecule has 0 N–H and O–H groups in total. The lowest BCUT2D eigenvalue weighted by atomic mass is 10.0. The van der Waals surface area contributed by atoms with Crippen molar-refractivity contribution in [2.45, 2.75) is 39.7 Å². The first-order valence-electron chi connectivity index (χ1n) is 10.2. The Morgan fingerprint density at radius 3 is 2.63 bits per heavy atom. The standard InChI is InChI=1S/C24H25ClN2O3/c1-16-5-3-6-17(2)23(16)29-14-4-7-22(28)27-13-12-20-21(15-27)26-30-24(20)18-8-10-19(25)11-9-18/h3,5-6,8-11H,4,7,12-15H2,1-2H3. The van der Waals surface area contributed by atoms with Gasteiger partial charge in [-0.3, -0.25) is 4.79 Å². The van der Waals surface area contributed by atoms with Crippen molar-refractivity contribution in [3.63, 3.8) is 0 Å². The highest BCUT2D eigenvalue weighted by molar-refractivity contribution is 6.30. The van der Waals surface area contributed by atoms with E-state index in [0.717, 1.165) is 45.9 Å². The first-order chi connectivity index (χ1) is 14.5. The number of benzene rings is 2. The lowest BCUT2D eigenvalue weighted by Crippen LogP contribution is -2.36. The molecule has 0 saturated carbocycles. The van der Waals surface area contributed by atoms with Crippen molar-refractivity contribution < 1.29 is 14.1 Å². The van der Waals surface area contributed by atoms with Crippen LogP contribution in [0.3, 0.4) is 0 Å². The van der Waals surface area contributed by atoms with E-state index < -0.39 is 0 Å². The van der Waals surface area contributed by atoms with Crippen LogP contribution >= 0.6 is 11.6 Å². The van der Waals surface area contributed by atoms with Gasteiger partial charge in [-0.2, -0.15) is 0 Å². The zero-order chi connectivity index (χ0) is 21.1.